The van der Waals surface area contributed by atoms with Gasteiger partial charge >= 0.3 is 0 Å². The van der Waals surface area contributed by atoms with Crippen molar-refractivity contribution in [3.05, 3.63) is 35.4 Å². The molecular formula is C17H25N3O. The maximum atomic E-state index is 12.3. The highest BCUT2D eigenvalue weighted by Gasteiger charge is 2.23. The van der Waals surface area contributed by atoms with Crippen LogP contribution in [0.2, 0.25) is 0 Å². The van der Waals surface area contributed by atoms with Crippen LogP contribution in [0.15, 0.2) is 24.3 Å². The Morgan fingerprint density at radius 1 is 1.24 bits per heavy atom. The normalized spacial score (nSPS) is 23.6. The lowest BCUT2D eigenvalue weighted by Crippen LogP contribution is -2.45. The molecule has 114 valence electrons. The van der Waals surface area contributed by atoms with E-state index >= 15 is 0 Å². The molecule has 1 fully saturated rings. The number of fused-ring (bicyclic) bond motifs is 1. The van der Waals surface area contributed by atoms with Crippen molar-refractivity contribution in [2.24, 2.45) is 5.73 Å². The van der Waals surface area contributed by atoms with Crippen molar-refractivity contribution in [2.45, 2.75) is 44.2 Å². The Labute approximate surface area is 126 Å². The number of nitrogens with two attached hydrogens (primary N) is 1. The molecule has 3 N–H and O–H groups in total. The van der Waals surface area contributed by atoms with Gasteiger partial charge in [0.1, 0.15) is 0 Å². The van der Waals surface area contributed by atoms with E-state index in [-0.39, 0.29) is 11.9 Å². The first-order valence-corrected chi connectivity index (χ1v) is 8.07. The molecule has 1 atom stereocenters. The molecule has 1 saturated heterocycles. The van der Waals surface area contributed by atoms with Gasteiger partial charge in [0.2, 0.25) is 5.91 Å². The number of rotatable bonds is 3. The summed E-state index contributed by atoms with van der Waals surface area (Å²) in [5, 5.41) is 3.22. The minimum Gasteiger partial charge on any atom is -0.348 e. The largest absolute Gasteiger partial charge is 0.348 e. The molecule has 1 aliphatic carbocycles. The summed E-state index contributed by atoms with van der Waals surface area (Å²) in [6.45, 7) is 2.39. The highest BCUT2D eigenvalue weighted by molar-refractivity contribution is 5.78. The maximum Gasteiger partial charge on any atom is 0.234 e. The average Bonchev–Trinajstić information content (AvgIpc) is 2.50. The van der Waals surface area contributed by atoms with Gasteiger partial charge in [-0.25, -0.2) is 0 Å². The van der Waals surface area contributed by atoms with Crippen molar-refractivity contribution in [3.8, 4) is 0 Å². The number of nitrogens with one attached hydrogen (secondary N) is 1. The molecule has 3 rings (SSSR count). The summed E-state index contributed by atoms with van der Waals surface area (Å²) < 4.78 is 0. The van der Waals surface area contributed by atoms with Crippen molar-refractivity contribution in [3.63, 3.8) is 0 Å². The van der Waals surface area contributed by atoms with Crippen LogP contribution in [-0.4, -0.2) is 36.5 Å². The molecule has 0 spiro atoms. The van der Waals surface area contributed by atoms with Crippen LogP contribution in [0.5, 0.6) is 0 Å². The van der Waals surface area contributed by atoms with Crippen molar-refractivity contribution in [1.29, 1.82) is 0 Å². The predicted molar refractivity (Wildman–Crippen MR) is 83.9 cm³/mol. The third-order valence-corrected chi connectivity index (χ3v) is 4.70. The Balaban J connectivity index is 1.56. The number of carbonyl (C=O) groups is 1. The number of hydrogen-bond donors (Lipinski definition) is 2. The third-order valence-electron chi connectivity index (χ3n) is 4.70. The SMILES string of the molecule is NC1CCN(CC(=O)NC2CCCc3ccccc32)CC1. The molecule has 2 aliphatic rings. The Morgan fingerprint density at radius 2 is 2.00 bits per heavy atom. The van der Waals surface area contributed by atoms with E-state index in [1.165, 1.54) is 11.1 Å². The number of benzene rings is 1. The smallest absolute Gasteiger partial charge is 0.234 e. The van der Waals surface area contributed by atoms with Gasteiger partial charge in [-0.3, -0.25) is 9.69 Å². The van der Waals surface area contributed by atoms with Crippen LogP contribution in [0.3, 0.4) is 0 Å². The van der Waals surface area contributed by atoms with Gasteiger partial charge in [0.25, 0.3) is 0 Å². The van der Waals surface area contributed by atoms with E-state index in [9.17, 15) is 4.79 Å². The van der Waals surface area contributed by atoms with Crippen LogP contribution >= 0.6 is 0 Å². The van der Waals surface area contributed by atoms with Crippen LogP contribution in [0.4, 0.5) is 0 Å². The summed E-state index contributed by atoms with van der Waals surface area (Å²) in [5.41, 5.74) is 8.59. The van der Waals surface area contributed by atoms with Crippen molar-refractivity contribution >= 4 is 5.91 Å². The number of aryl methyl sites for hydroxylation is 1. The Bertz CT molecular complexity index is 495. The molecule has 4 nitrogen and oxygen atoms in total. The van der Waals surface area contributed by atoms with E-state index in [4.69, 9.17) is 5.73 Å². The first-order valence-electron chi connectivity index (χ1n) is 8.07. The van der Waals surface area contributed by atoms with E-state index in [1.807, 2.05) is 0 Å². The molecule has 4 heteroatoms. The Hall–Kier alpha value is -1.39. The molecule has 0 aromatic heterocycles. The molecule has 1 heterocycles. The average molecular weight is 287 g/mol. The number of piperidine rings is 1. The molecule has 1 unspecified atom stereocenters. The number of amides is 1. The molecule has 21 heavy (non-hydrogen) atoms. The lowest BCUT2D eigenvalue weighted by atomic mass is 9.88. The molecule has 1 aromatic carbocycles. The fraction of sp³-hybridized carbons (Fsp3) is 0.588. The number of likely N-dealkylation sites (tertiary alicyclic amines) is 1. The fourth-order valence-electron chi connectivity index (χ4n) is 3.46. The van der Waals surface area contributed by atoms with E-state index in [0.29, 0.717) is 12.6 Å². The van der Waals surface area contributed by atoms with E-state index < -0.39 is 0 Å². The van der Waals surface area contributed by atoms with E-state index in [1.54, 1.807) is 0 Å². The van der Waals surface area contributed by atoms with Gasteiger partial charge in [0.15, 0.2) is 0 Å². The zero-order valence-corrected chi connectivity index (χ0v) is 12.6. The van der Waals surface area contributed by atoms with Crippen LogP contribution in [0.1, 0.15) is 42.9 Å². The van der Waals surface area contributed by atoms with Gasteiger partial charge in [-0.2, -0.15) is 0 Å². The van der Waals surface area contributed by atoms with Gasteiger partial charge in [-0.05, 0) is 43.2 Å². The summed E-state index contributed by atoms with van der Waals surface area (Å²) in [6.07, 6.45) is 5.33. The minimum absolute atomic E-state index is 0.146. The molecular weight excluding hydrogens is 262 g/mol. The highest BCUT2D eigenvalue weighted by Crippen LogP contribution is 2.29. The zero-order valence-electron chi connectivity index (χ0n) is 12.6. The van der Waals surface area contributed by atoms with Gasteiger partial charge in [0.05, 0.1) is 12.6 Å². The van der Waals surface area contributed by atoms with Gasteiger partial charge in [-0.15, -0.1) is 0 Å². The van der Waals surface area contributed by atoms with Gasteiger partial charge in [-0.1, -0.05) is 24.3 Å². The summed E-state index contributed by atoms with van der Waals surface area (Å²) in [6, 6.07) is 8.98. The first-order chi connectivity index (χ1) is 10.2. The maximum absolute atomic E-state index is 12.3. The number of nitrogens with zero attached hydrogens (tertiary/aromatic N) is 1. The Morgan fingerprint density at radius 3 is 2.81 bits per heavy atom. The fourth-order valence-corrected chi connectivity index (χ4v) is 3.46. The second-order valence-electron chi connectivity index (χ2n) is 6.32. The molecule has 1 aliphatic heterocycles. The van der Waals surface area contributed by atoms with E-state index in [0.717, 1.165) is 45.2 Å². The topological polar surface area (TPSA) is 58.4 Å². The van der Waals surface area contributed by atoms with Crippen molar-refractivity contribution in [2.75, 3.05) is 19.6 Å². The molecule has 0 saturated carbocycles. The van der Waals surface area contributed by atoms with Crippen LogP contribution < -0.4 is 11.1 Å². The predicted octanol–water partition coefficient (Wildman–Crippen LogP) is 1.60. The molecule has 0 bridgehead atoms. The Kier molecular flexibility index (Phi) is 4.56. The molecule has 1 aromatic rings. The van der Waals surface area contributed by atoms with E-state index in [2.05, 4.69) is 34.5 Å². The second kappa shape index (κ2) is 6.58. The first kappa shape index (κ1) is 14.5. The number of hydrogen-bond acceptors (Lipinski definition) is 3. The summed E-state index contributed by atoms with van der Waals surface area (Å²) >= 11 is 0. The van der Waals surface area contributed by atoms with Crippen molar-refractivity contribution in [1.82, 2.24) is 10.2 Å². The molecule has 0 radical (unpaired) electrons. The molecule has 1 amide bonds. The quantitative estimate of drug-likeness (QED) is 0.888. The van der Waals surface area contributed by atoms with Crippen molar-refractivity contribution < 1.29 is 4.79 Å². The zero-order chi connectivity index (χ0) is 14.7. The lowest BCUT2D eigenvalue weighted by molar-refractivity contribution is -0.123. The van der Waals surface area contributed by atoms with Gasteiger partial charge in [0, 0.05) is 19.1 Å². The summed E-state index contributed by atoms with van der Waals surface area (Å²) in [5.74, 6) is 0.146. The number of carbonyl (C=O) groups excluding carboxylic acids is 1. The third kappa shape index (κ3) is 3.63. The summed E-state index contributed by atoms with van der Waals surface area (Å²) in [4.78, 5) is 14.5. The van der Waals surface area contributed by atoms with Crippen LogP contribution in [0, 0.1) is 0 Å². The summed E-state index contributed by atoms with van der Waals surface area (Å²) in [7, 11) is 0. The second-order valence-corrected chi connectivity index (χ2v) is 6.32. The van der Waals surface area contributed by atoms with Crippen LogP contribution in [-0.2, 0) is 11.2 Å². The monoisotopic (exact) mass is 287 g/mol. The standard InChI is InChI=1S/C17H25N3O/c18-14-8-10-20(11-9-14)12-17(21)19-16-7-3-5-13-4-1-2-6-15(13)16/h1-2,4,6,14,16H,3,5,7-12,18H2,(H,19,21). The van der Waals surface area contributed by atoms with Gasteiger partial charge < -0.3 is 11.1 Å². The minimum atomic E-state index is 0.146. The highest BCUT2D eigenvalue weighted by atomic mass is 16.2. The van der Waals surface area contributed by atoms with Crippen LogP contribution in [0.25, 0.3) is 0 Å². The lowest BCUT2D eigenvalue weighted by Gasteiger charge is -2.31.